The molecule has 1 aliphatic carbocycles. The van der Waals surface area contributed by atoms with Crippen LogP contribution in [0.3, 0.4) is 0 Å². The molecule has 1 saturated carbocycles. The molecule has 4 rings (SSSR count). The molecule has 0 spiro atoms. The Balaban J connectivity index is 1.50. The van der Waals surface area contributed by atoms with Crippen molar-refractivity contribution in [2.75, 3.05) is 23.9 Å². The quantitative estimate of drug-likeness (QED) is 0.534. The summed E-state index contributed by atoms with van der Waals surface area (Å²) in [6.45, 7) is 0.713. The molecule has 6 heteroatoms. The van der Waals surface area contributed by atoms with E-state index in [9.17, 15) is 9.59 Å². The molecule has 0 radical (unpaired) electrons. The minimum absolute atomic E-state index is 0.139. The minimum Gasteiger partial charge on any atom is -0.497 e. The van der Waals surface area contributed by atoms with Crippen molar-refractivity contribution in [1.82, 2.24) is 5.32 Å². The van der Waals surface area contributed by atoms with E-state index in [0.29, 0.717) is 17.8 Å². The average molecular weight is 430 g/mol. The smallest absolute Gasteiger partial charge is 0.253 e. The molecule has 0 atom stereocenters. The zero-order valence-electron chi connectivity index (χ0n) is 18.1. The first kappa shape index (κ1) is 21.4. The van der Waals surface area contributed by atoms with Gasteiger partial charge in [-0.2, -0.15) is 0 Å². The molecule has 3 aromatic carbocycles. The highest BCUT2D eigenvalue weighted by Crippen LogP contribution is 2.23. The number of anilines is 2. The summed E-state index contributed by atoms with van der Waals surface area (Å²) < 4.78 is 5.26. The fourth-order valence-electron chi connectivity index (χ4n) is 3.48. The predicted molar refractivity (Wildman–Crippen MR) is 126 cm³/mol. The van der Waals surface area contributed by atoms with Crippen molar-refractivity contribution in [2.24, 2.45) is 0 Å². The van der Waals surface area contributed by atoms with Crippen molar-refractivity contribution >= 4 is 23.2 Å². The third-order valence-electron chi connectivity index (χ3n) is 5.35. The number of hydrogen-bond acceptors (Lipinski definition) is 4. The molecular formula is C26H27N3O3. The van der Waals surface area contributed by atoms with E-state index in [-0.39, 0.29) is 24.4 Å². The van der Waals surface area contributed by atoms with Gasteiger partial charge in [-0.25, -0.2) is 0 Å². The number of ether oxygens (including phenoxy) is 1. The molecule has 1 fully saturated rings. The molecule has 164 valence electrons. The molecule has 0 aliphatic heterocycles. The van der Waals surface area contributed by atoms with Crippen LogP contribution in [0, 0.1) is 0 Å². The van der Waals surface area contributed by atoms with Crippen molar-refractivity contribution < 1.29 is 14.3 Å². The average Bonchev–Trinajstić information content (AvgIpc) is 3.63. The van der Waals surface area contributed by atoms with Crippen molar-refractivity contribution in [3.05, 3.63) is 90.0 Å². The van der Waals surface area contributed by atoms with Gasteiger partial charge >= 0.3 is 0 Å². The maximum atomic E-state index is 13.0. The minimum atomic E-state index is -0.191. The van der Waals surface area contributed by atoms with E-state index in [2.05, 4.69) is 10.6 Å². The largest absolute Gasteiger partial charge is 0.497 e. The van der Waals surface area contributed by atoms with Crippen LogP contribution in [-0.2, 0) is 11.3 Å². The second-order valence-electron chi connectivity index (χ2n) is 7.88. The van der Waals surface area contributed by atoms with E-state index in [1.165, 1.54) is 0 Å². The molecule has 0 saturated heterocycles. The Hall–Kier alpha value is -3.80. The van der Waals surface area contributed by atoms with Gasteiger partial charge in [0, 0.05) is 18.3 Å². The summed E-state index contributed by atoms with van der Waals surface area (Å²) >= 11 is 0. The molecule has 1 aliphatic rings. The van der Waals surface area contributed by atoms with Gasteiger partial charge in [-0.15, -0.1) is 0 Å². The Bertz CT molecular complexity index is 1060. The van der Waals surface area contributed by atoms with Gasteiger partial charge < -0.3 is 20.3 Å². The summed E-state index contributed by atoms with van der Waals surface area (Å²) in [7, 11) is 1.63. The van der Waals surface area contributed by atoms with Gasteiger partial charge in [-0.05, 0) is 54.8 Å². The highest BCUT2D eigenvalue weighted by molar-refractivity contribution is 6.04. The summed E-state index contributed by atoms with van der Waals surface area (Å²) in [5.74, 6) is 0.414. The van der Waals surface area contributed by atoms with E-state index in [1.54, 1.807) is 25.3 Å². The van der Waals surface area contributed by atoms with Crippen LogP contribution in [0.1, 0.15) is 28.8 Å². The van der Waals surface area contributed by atoms with Gasteiger partial charge in [-0.3, -0.25) is 9.59 Å². The summed E-state index contributed by atoms with van der Waals surface area (Å²) in [6.07, 6.45) is 2.02. The Labute approximate surface area is 188 Å². The molecule has 32 heavy (non-hydrogen) atoms. The van der Waals surface area contributed by atoms with Crippen LogP contribution >= 0.6 is 0 Å². The van der Waals surface area contributed by atoms with E-state index >= 15 is 0 Å². The van der Waals surface area contributed by atoms with Crippen LogP contribution in [0.2, 0.25) is 0 Å². The van der Waals surface area contributed by atoms with Crippen LogP contribution in [0.15, 0.2) is 78.9 Å². The number of carbonyl (C=O) groups is 2. The molecule has 3 aromatic rings. The number of hydrogen-bond donors (Lipinski definition) is 2. The lowest BCUT2D eigenvalue weighted by molar-refractivity contribution is -0.115. The predicted octanol–water partition coefficient (Wildman–Crippen LogP) is 4.23. The van der Waals surface area contributed by atoms with Crippen LogP contribution in [-0.4, -0.2) is 31.5 Å². The number of para-hydroxylation sites is 1. The van der Waals surface area contributed by atoms with E-state index in [4.69, 9.17) is 4.74 Å². The second kappa shape index (κ2) is 10.0. The van der Waals surface area contributed by atoms with Gasteiger partial charge in [0.2, 0.25) is 5.91 Å². The van der Waals surface area contributed by atoms with Crippen molar-refractivity contribution in [2.45, 2.75) is 25.4 Å². The zero-order chi connectivity index (χ0) is 22.3. The lowest BCUT2D eigenvalue weighted by Gasteiger charge is -2.25. The lowest BCUT2D eigenvalue weighted by Crippen LogP contribution is -2.34. The van der Waals surface area contributed by atoms with Gasteiger partial charge in [0.1, 0.15) is 5.75 Å². The van der Waals surface area contributed by atoms with Crippen molar-refractivity contribution in [1.29, 1.82) is 0 Å². The Kier molecular flexibility index (Phi) is 6.70. The van der Waals surface area contributed by atoms with Crippen LogP contribution in [0.25, 0.3) is 0 Å². The summed E-state index contributed by atoms with van der Waals surface area (Å²) in [5.41, 5.74) is 3.00. The zero-order valence-corrected chi connectivity index (χ0v) is 18.1. The first-order chi connectivity index (χ1) is 15.6. The fourth-order valence-corrected chi connectivity index (χ4v) is 3.48. The van der Waals surface area contributed by atoms with Crippen LogP contribution in [0.4, 0.5) is 11.4 Å². The summed E-state index contributed by atoms with van der Waals surface area (Å²) in [4.78, 5) is 27.6. The molecule has 2 N–H and O–H groups in total. The highest BCUT2D eigenvalue weighted by atomic mass is 16.5. The second-order valence-corrected chi connectivity index (χ2v) is 7.88. The molecule has 0 heterocycles. The molecule has 2 amide bonds. The Morgan fingerprint density at radius 3 is 2.31 bits per heavy atom. The summed E-state index contributed by atoms with van der Waals surface area (Å²) in [6, 6.07) is 25.0. The number of methoxy groups -OCH3 is 1. The van der Waals surface area contributed by atoms with E-state index < -0.39 is 0 Å². The normalized spacial score (nSPS) is 12.7. The number of rotatable bonds is 9. The van der Waals surface area contributed by atoms with Gasteiger partial charge in [0.25, 0.3) is 5.91 Å². The third kappa shape index (κ3) is 5.66. The third-order valence-corrected chi connectivity index (χ3v) is 5.35. The number of nitrogens with zero attached hydrogens (tertiary/aromatic N) is 1. The van der Waals surface area contributed by atoms with E-state index in [1.807, 2.05) is 65.6 Å². The molecular weight excluding hydrogens is 402 g/mol. The summed E-state index contributed by atoms with van der Waals surface area (Å²) in [5, 5.41) is 5.91. The molecule has 6 nitrogen and oxygen atoms in total. The number of carbonyl (C=O) groups excluding carboxylic acids is 2. The number of nitrogens with one attached hydrogen (secondary N) is 2. The van der Waals surface area contributed by atoms with Gasteiger partial charge in [-0.1, -0.05) is 42.5 Å². The monoisotopic (exact) mass is 429 g/mol. The fraction of sp³-hybridized carbons (Fsp3) is 0.231. The number of amides is 2. The molecule has 0 aromatic heterocycles. The van der Waals surface area contributed by atoms with E-state index in [0.717, 1.165) is 29.8 Å². The SMILES string of the molecule is COc1ccc(N(CC(=O)Nc2ccccc2C(=O)NC2CC2)Cc2ccccc2)cc1. The Morgan fingerprint density at radius 2 is 1.62 bits per heavy atom. The van der Waals surface area contributed by atoms with Crippen molar-refractivity contribution in [3.8, 4) is 5.75 Å². The standard InChI is InChI=1S/C26H27N3O3/c1-32-22-15-13-21(14-16-22)29(17-19-7-3-2-4-8-19)18-25(30)28-24-10-6-5-9-23(24)26(31)27-20-11-12-20/h2-10,13-16,20H,11-12,17-18H2,1H3,(H,27,31)(H,28,30). The van der Waals surface area contributed by atoms with Crippen LogP contribution < -0.4 is 20.3 Å². The highest BCUT2D eigenvalue weighted by Gasteiger charge is 2.25. The Morgan fingerprint density at radius 1 is 0.938 bits per heavy atom. The topological polar surface area (TPSA) is 70.7 Å². The maximum Gasteiger partial charge on any atom is 0.253 e. The first-order valence-electron chi connectivity index (χ1n) is 10.7. The van der Waals surface area contributed by atoms with Crippen molar-refractivity contribution in [3.63, 3.8) is 0 Å². The lowest BCUT2D eigenvalue weighted by atomic mass is 10.1. The molecule has 0 bridgehead atoms. The van der Waals surface area contributed by atoms with Gasteiger partial charge in [0.05, 0.1) is 24.9 Å². The van der Waals surface area contributed by atoms with Gasteiger partial charge in [0.15, 0.2) is 0 Å². The maximum absolute atomic E-state index is 13.0. The van der Waals surface area contributed by atoms with Crippen LogP contribution in [0.5, 0.6) is 5.75 Å². The number of benzene rings is 3. The first-order valence-corrected chi connectivity index (χ1v) is 10.7. The molecule has 0 unspecified atom stereocenters.